The summed E-state index contributed by atoms with van der Waals surface area (Å²) in [7, 11) is 0. The maximum atomic E-state index is 11.4. The molecule has 27 heavy (non-hydrogen) atoms. The molecule has 137 valence electrons. The van der Waals surface area contributed by atoms with Crippen LogP contribution in [-0.4, -0.2) is 33.4 Å². The SMILES string of the molecule is O=C1[N]c2cc(C3CCN(Cc4cn5cc(Cl)ccc5n4)CC3)ccc2N1. The van der Waals surface area contributed by atoms with E-state index in [9.17, 15) is 4.79 Å². The van der Waals surface area contributed by atoms with Crippen molar-refractivity contribution in [3.05, 3.63) is 59.0 Å². The van der Waals surface area contributed by atoms with Crippen molar-refractivity contribution in [3.8, 4) is 0 Å². The number of carbonyl (C=O) groups excluding carboxylic acids is 1. The molecule has 2 aromatic heterocycles. The van der Waals surface area contributed by atoms with Gasteiger partial charge in [-0.1, -0.05) is 17.7 Å². The van der Waals surface area contributed by atoms with Gasteiger partial charge in [0, 0.05) is 18.9 Å². The molecule has 0 aliphatic carbocycles. The molecule has 1 aromatic carbocycles. The van der Waals surface area contributed by atoms with E-state index in [1.54, 1.807) is 0 Å². The van der Waals surface area contributed by atoms with E-state index < -0.39 is 0 Å². The summed E-state index contributed by atoms with van der Waals surface area (Å²) in [6.07, 6.45) is 6.14. The zero-order valence-electron chi connectivity index (χ0n) is 14.7. The highest BCUT2D eigenvalue weighted by atomic mass is 35.5. The molecule has 1 saturated heterocycles. The first-order valence-electron chi connectivity index (χ1n) is 9.16. The number of hydrogen-bond donors (Lipinski definition) is 1. The highest BCUT2D eigenvalue weighted by Crippen LogP contribution is 2.35. The molecule has 0 spiro atoms. The van der Waals surface area contributed by atoms with Gasteiger partial charge in [0.05, 0.1) is 22.1 Å². The predicted octanol–water partition coefficient (Wildman–Crippen LogP) is 4.15. The number of aromatic nitrogens is 2. The maximum absolute atomic E-state index is 11.4. The van der Waals surface area contributed by atoms with E-state index in [1.165, 1.54) is 5.56 Å². The molecule has 4 heterocycles. The number of halogens is 1. The van der Waals surface area contributed by atoms with Crippen molar-refractivity contribution in [1.82, 2.24) is 19.6 Å². The smallest absolute Gasteiger partial charge is 0.305 e. The minimum Gasteiger partial charge on any atom is -0.305 e. The van der Waals surface area contributed by atoms with Gasteiger partial charge in [-0.15, -0.1) is 0 Å². The van der Waals surface area contributed by atoms with Crippen LogP contribution >= 0.6 is 11.6 Å². The molecule has 0 atom stereocenters. The van der Waals surface area contributed by atoms with Gasteiger partial charge >= 0.3 is 6.03 Å². The zero-order chi connectivity index (χ0) is 18.4. The van der Waals surface area contributed by atoms with Crippen molar-refractivity contribution in [3.63, 3.8) is 0 Å². The number of anilines is 1. The molecule has 3 aromatic rings. The van der Waals surface area contributed by atoms with Gasteiger partial charge in [0.2, 0.25) is 0 Å². The summed E-state index contributed by atoms with van der Waals surface area (Å²) in [5.41, 5.74) is 4.85. The van der Waals surface area contributed by atoms with Gasteiger partial charge in [-0.2, -0.15) is 5.32 Å². The Morgan fingerprint density at radius 1 is 1.15 bits per heavy atom. The third-order valence-corrected chi connectivity index (χ3v) is 5.62. The van der Waals surface area contributed by atoms with Crippen LogP contribution in [0.3, 0.4) is 0 Å². The molecule has 6 nitrogen and oxygen atoms in total. The number of imidazole rings is 1. The van der Waals surface area contributed by atoms with Crippen LogP contribution < -0.4 is 10.6 Å². The summed E-state index contributed by atoms with van der Waals surface area (Å²) in [6.45, 7) is 2.92. The molecular weight excluding hydrogens is 362 g/mol. The third kappa shape index (κ3) is 3.26. The number of rotatable bonds is 3. The first kappa shape index (κ1) is 16.6. The minimum atomic E-state index is -0.272. The maximum Gasteiger partial charge on any atom is 0.346 e. The number of likely N-dealkylation sites (tertiary alicyclic amines) is 1. The number of nitrogens with zero attached hydrogens (tertiary/aromatic N) is 4. The average molecular weight is 381 g/mol. The van der Waals surface area contributed by atoms with Crippen molar-refractivity contribution < 1.29 is 4.79 Å². The molecule has 2 aliphatic heterocycles. The van der Waals surface area contributed by atoms with E-state index in [0.717, 1.165) is 55.2 Å². The first-order chi connectivity index (χ1) is 13.1. The van der Waals surface area contributed by atoms with Crippen molar-refractivity contribution >= 4 is 34.7 Å². The van der Waals surface area contributed by atoms with E-state index >= 15 is 0 Å². The number of benzene rings is 1. The molecule has 2 aliphatic rings. The Labute approximate surface area is 162 Å². The van der Waals surface area contributed by atoms with Gasteiger partial charge < -0.3 is 9.72 Å². The standard InChI is InChI=1S/C20H19ClN5O/c21-15-2-4-19-22-16(12-26(19)10-15)11-25-7-5-13(6-8-25)14-1-3-17-18(9-14)24-20(27)23-17/h1-4,9-10,12-13H,5-8,11H2,(H,23,27). The van der Waals surface area contributed by atoms with Crippen LogP contribution in [0.5, 0.6) is 0 Å². The van der Waals surface area contributed by atoms with Crippen LogP contribution in [-0.2, 0) is 6.54 Å². The van der Waals surface area contributed by atoms with Crippen LogP contribution in [0.2, 0.25) is 5.02 Å². The van der Waals surface area contributed by atoms with Crippen LogP contribution in [0.15, 0.2) is 42.7 Å². The Balaban J connectivity index is 1.23. The summed E-state index contributed by atoms with van der Waals surface area (Å²) >= 11 is 6.05. The number of piperidine rings is 1. The molecule has 1 radical (unpaired) electrons. The molecule has 1 fully saturated rings. The summed E-state index contributed by atoms with van der Waals surface area (Å²) in [5.74, 6) is 0.511. The van der Waals surface area contributed by atoms with E-state index in [4.69, 9.17) is 11.6 Å². The normalized spacial score (nSPS) is 17.7. The van der Waals surface area contributed by atoms with Gasteiger partial charge in [0.25, 0.3) is 0 Å². The summed E-state index contributed by atoms with van der Waals surface area (Å²) in [6, 6.07) is 9.67. The number of pyridine rings is 1. The van der Waals surface area contributed by atoms with Gasteiger partial charge in [-0.05, 0) is 61.7 Å². The van der Waals surface area contributed by atoms with Gasteiger partial charge in [0.1, 0.15) is 5.65 Å². The second-order valence-electron chi connectivity index (χ2n) is 7.21. The number of hydrogen-bond acceptors (Lipinski definition) is 3. The van der Waals surface area contributed by atoms with E-state index in [2.05, 4.69) is 38.8 Å². The summed E-state index contributed by atoms with van der Waals surface area (Å²) < 4.78 is 1.98. The quantitative estimate of drug-likeness (QED) is 0.742. The van der Waals surface area contributed by atoms with Crippen molar-refractivity contribution in [2.75, 3.05) is 18.4 Å². The minimum absolute atomic E-state index is 0.272. The lowest BCUT2D eigenvalue weighted by atomic mass is 9.89. The lowest BCUT2D eigenvalue weighted by Crippen LogP contribution is -2.32. The topological polar surface area (TPSA) is 63.7 Å². The molecule has 0 bridgehead atoms. The van der Waals surface area contributed by atoms with E-state index in [-0.39, 0.29) is 6.03 Å². The van der Waals surface area contributed by atoms with Gasteiger partial charge in [-0.25, -0.2) is 9.78 Å². The Kier molecular flexibility index (Phi) is 4.02. The Bertz CT molecular complexity index is 1020. The number of amides is 2. The summed E-state index contributed by atoms with van der Waals surface area (Å²) in [5, 5.41) is 7.48. The largest absolute Gasteiger partial charge is 0.346 e. The fourth-order valence-corrected chi connectivity index (χ4v) is 4.17. The van der Waals surface area contributed by atoms with Gasteiger partial charge in [-0.3, -0.25) is 4.90 Å². The summed E-state index contributed by atoms with van der Waals surface area (Å²) in [4.78, 5) is 18.5. The number of nitrogens with one attached hydrogen (secondary N) is 1. The number of urea groups is 1. The van der Waals surface area contributed by atoms with Crippen LogP contribution in [0, 0.1) is 0 Å². The number of fused-ring (bicyclic) bond motifs is 2. The third-order valence-electron chi connectivity index (χ3n) is 5.39. The highest BCUT2D eigenvalue weighted by molar-refractivity contribution is 6.30. The molecule has 7 heteroatoms. The molecule has 2 amide bonds. The van der Waals surface area contributed by atoms with Crippen molar-refractivity contribution in [2.24, 2.45) is 0 Å². The first-order valence-corrected chi connectivity index (χ1v) is 9.54. The zero-order valence-corrected chi connectivity index (χ0v) is 15.5. The molecule has 0 unspecified atom stereocenters. The van der Waals surface area contributed by atoms with Crippen molar-refractivity contribution in [2.45, 2.75) is 25.3 Å². The van der Waals surface area contributed by atoms with Crippen LogP contribution in [0.4, 0.5) is 16.2 Å². The van der Waals surface area contributed by atoms with E-state index in [0.29, 0.717) is 10.9 Å². The Morgan fingerprint density at radius 2 is 2.00 bits per heavy atom. The van der Waals surface area contributed by atoms with E-state index in [1.807, 2.05) is 28.8 Å². The lowest BCUT2D eigenvalue weighted by Gasteiger charge is -2.31. The van der Waals surface area contributed by atoms with Gasteiger partial charge in [0.15, 0.2) is 0 Å². The van der Waals surface area contributed by atoms with Crippen LogP contribution in [0.25, 0.3) is 5.65 Å². The highest BCUT2D eigenvalue weighted by Gasteiger charge is 2.24. The van der Waals surface area contributed by atoms with Crippen LogP contribution in [0.1, 0.15) is 30.0 Å². The fourth-order valence-electron chi connectivity index (χ4n) is 4.00. The molecular formula is C20H19ClN5O. The average Bonchev–Trinajstić information content (AvgIpc) is 3.22. The molecule has 0 saturated carbocycles. The second kappa shape index (κ2) is 6.55. The molecule has 1 N–H and O–H groups in total. The van der Waals surface area contributed by atoms with Crippen molar-refractivity contribution in [1.29, 1.82) is 0 Å². The molecule has 5 rings (SSSR count). The number of carbonyl (C=O) groups is 1. The Morgan fingerprint density at radius 3 is 2.85 bits per heavy atom. The predicted molar refractivity (Wildman–Crippen MR) is 105 cm³/mol. The lowest BCUT2D eigenvalue weighted by molar-refractivity contribution is 0.203. The fraction of sp³-hybridized carbons (Fsp3) is 0.300. The monoisotopic (exact) mass is 380 g/mol. The Hall–Kier alpha value is -2.57. The second-order valence-corrected chi connectivity index (χ2v) is 7.65.